The summed E-state index contributed by atoms with van der Waals surface area (Å²) in [5, 5.41) is 7.12. The molecule has 2 aromatic rings. The van der Waals surface area contributed by atoms with Crippen LogP contribution in [0.2, 0.25) is 0 Å². The first kappa shape index (κ1) is 19.4. The van der Waals surface area contributed by atoms with E-state index in [2.05, 4.69) is 77.0 Å². The molecule has 2 N–H and O–H groups in total. The predicted molar refractivity (Wildman–Crippen MR) is 117 cm³/mol. The largest absolute Gasteiger partial charge is 0.484 e. The average molecular weight is 614 g/mol. The molecule has 0 bridgehead atoms. The Morgan fingerprint density at radius 3 is 2.46 bits per heavy atom. The van der Waals surface area contributed by atoms with E-state index in [1.54, 1.807) is 18.3 Å². The van der Waals surface area contributed by atoms with Gasteiger partial charge in [0.1, 0.15) is 5.75 Å². The molecule has 0 fully saturated rings. The number of rotatable bonds is 6. The molecular formula is C16H14BrI2N3O2. The Balaban J connectivity index is 1.87. The lowest BCUT2D eigenvalue weighted by atomic mass is 10.2. The summed E-state index contributed by atoms with van der Waals surface area (Å²) in [6.07, 6.45) is 1.61. The van der Waals surface area contributed by atoms with Crippen LogP contribution in [-0.2, 0) is 4.79 Å². The summed E-state index contributed by atoms with van der Waals surface area (Å²) in [5.74, 6) is 0.314. The summed E-state index contributed by atoms with van der Waals surface area (Å²) in [6, 6.07) is 11.2. The third-order valence-corrected chi connectivity index (χ3v) is 5.13. The van der Waals surface area contributed by atoms with Gasteiger partial charge in [-0.2, -0.15) is 5.10 Å². The molecule has 2 aromatic carbocycles. The lowest BCUT2D eigenvalue weighted by Gasteiger charge is -2.08. The van der Waals surface area contributed by atoms with Crippen molar-refractivity contribution in [2.24, 2.45) is 5.10 Å². The molecule has 0 saturated heterocycles. The standard InChI is InChI=1S/C16H14BrI2N3O2/c1-20-16-13(18)6-10(7-14(16)19)8-21-22-15(23)9-24-12-4-2-11(17)3-5-12/h2-8,20H,9H2,1H3,(H,22,23)/b21-8-. The molecule has 0 aliphatic carbocycles. The number of anilines is 1. The van der Waals surface area contributed by atoms with Crippen molar-refractivity contribution in [1.29, 1.82) is 0 Å². The zero-order valence-corrected chi connectivity index (χ0v) is 18.5. The average Bonchev–Trinajstić information content (AvgIpc) is 2.54. The first-order valence-corrected chi connectivity index (χ1v) is 9.81. The van der Waals surface area contributed by atoms with Crippen molar-refractivity contribution < 1.29 is 9.53 Å². The Bertz CT molecular complexity index is 728. The maximum Gasteiger partial charge on any atom is 0.277 e. The van der Waals surface area contributed by atoms with Crippen LogP contribution in [0.3, 0.4) is 0 Å². The number of carbonyl (C=O) groups excluding carboxylic acids is 1. The number of nitrogens with one attached hydrogen (secondary N) is 2. The van der Waals surface area contributed by atoms with E-state index in [9.17, 15) is 4.79 Å². The van der Waals surface area contributed by atoms with Gasteiger partial charge < -0.3 is 10.1 Å². The van der Waals surface area contributed by atoms with E-state index in [0.29, 0.717) is 5.75 Å². The maximum atomic E-state index is 11.7. The molecule has 0 heterocycles. The number of hydrogen-bond donors (Lipinski definition) is 2. The van der Waals surface area contributed by atoms with Gasteiger partial charge in [-0.25, -0.2) is 5.43 Å². The number of nitrogens with zero attached hydrogens (tertiary/aromatic N) is 1. The Labute approximate surface area is 176 Å². The number of halogens is 3. The number of ether oxygens (including phenoxy) is 1. The van der Waals surface area contributed by atoms with Crippen molar-refractivity contribution >= 4 is 78.9 Å². The van der Waals surface area contributed by atoms with Crippen LogP contribution in [0, 0.1) is 7.14 Å². The van der Waals surface area contributed by atoms with E-state index in [0.717, 1.165) is 22.9 Å². The molecule has 126 valence electrons. The topological polar surface area (TPSA) is 62.7 Å². The molecule has 1 amide bonds. The first-order valence-electron chi connectivity index (χ1n) is 6.86. The van der Waals surface area contributed by atoms with Gasteiger partial charge in [0.05, 0.1) is 11.9 Å². The molecule has 2 rings (SSSR count). The fraction of sp³-hybridized carbons (Fsp3) is 0.125. The highest BCUT2D eigenvalue weighted by Gasteiger charge is 2.05. The summed E-state index contributed by atoms with van der Waals surface area (Å²) >= 11 is 7.86. The van der Waals surface area contributed by atoms with Crippen LogP contribution in [0.25, 0.3) is 0 Å². The summed E-state index contributed by atoms with van der Waals surface area (Å²) in [4.78, 5) is 11.7. The van der Waals surface area contributed by atoms with Gasteiger partial charge in [-0.1, -0.05) is 15.9 Å². The van der Waals surface area contributed by atoms with Crippen LogP contribution in [0.5, 0.6) is 5.75 Å². The van der Waals surface area contributed by atoms with Gasteiger partial charge in [0.15, 0.2) is 6.61 Å². The van der Waals surface area contributed by atoms with Crippen molar-refractivity contribution in [3.8, 4) is 5.75 Å². The van der Waals surface area contributed by atoms with Crippen molar-refractivity contribution in [1.82, 2.24) is 5.43 Å². The second-order valence-corrected chi connectivity index (χ2v) is 7.89. The molecule has 0 aliphatic heterocycles. The number of carbonyl (C=O) groups is 1. The number of hydrazone groups is 1. The first-order chi connectivity index (χ1) is 11.5. The van der Waals surface area contributed by atoms with Gasteiger partial charge in [-0.05, 0) is 87.1 Å². The van der Waals surface area contributed by atoms with E-state index >= 15 is 0 Å². The Morgan fingerprint density at radius 2 is 1.88 bits per heavy atom. The van der Waals surface area contributed by atoms with Crippen molar-refractivity contribution in [3.63, 3.8) is 0 Å². The molecular weight excluding hydrogens is 600 g/mol. The second-order valence-electron chi connectivity index (χ2n) is 4.65. The van der Waals surface area contributed by atoms with Crippen LogP contribution in [0.1, 0.15) is 5.56 Å². The van der Waals surface area contributed by atoms with Crippen LogP contribution in [0.4, 0.5) is 5.69 Å². The molecule has 0 aliphatic rings. The van der Waals surface area contributed by atoms with Crippen LogP contribution in [0.15, 0.2) is 46.0 Å². The fourth-order valence-electron chi connectivity index (χ4n) is 1.80. The minimum atomic E-state index is -0.314. The summed E-state index contributed by atoms with van der Waals surface area (Å²) in [6.45, 7) is -0.0905. The summed E-state index contributed by atoms with van der Waals surface area (Å²) < 4.78 is 8.51. The van der Waals surface area contributed by atoms with Gasteiger partial charge in [-0.15, -0.1) is 0 Å². The third-order valence-electron chi connectivity index (χ3n) is 2.90. The van der Waals surface area contributed by atoms with Gasteiger partial charge in [0.25, 0.3) is 5.91 Å². The molecule has 0 aromatic heterocycles. The van der Waals surface area contributed by atoms with Gasteiger partial charge in [0.2, 0.25) is 0 Å². The highest BCUT2D eigenvalue weighted by molar-refractivity contribution is 14.1. The van der Waals surface area contributed by atoms with Gasteiger partial charge in [0, 0.05) is 18.7 Å². The SMILES string of the molecule is CNc1c(I)cc(/C=N\NC(=O)COc2ccc(Br)cc2)cc1I. The zero-order valence-electron chi connectivity index (χ0n) is 12.6. The van der Waals surface area contributed by atoms with Crippen LogP contribution in [-0.4, -0.2) is 25.8 Å². The summed E-state index contributed by atoms with van der Waals surface area (Å²) in [5.41, 5.74) is 4.45. The van der Waals surface area contributed by atoms with E-state index in [1.807, 2.05) is 31.3 Å². The second kappa shape index (κ2) is 9.56. The molecule has 24 heavy (non-hydrogen) atoms. The Morgan fingerprint density at radius 1 is 1.25 bits per heavy atom. The van der Waals surface area contributed by atoms with Crippen molar-refractivity contribution in [2.45, 2.75) is 0 Å². The number of benzene rings is 2. The van der Waals surface area contributed by atoms with E-state index < -0.39 is 0 Å². The Kier molecular flexibility index (Phi) is 7.75. The lowest BCUT2D eigenvalue weighted by Crippen LogP contribution is -2.24. The van der Waals surface area contributed by atoms with E-state index in [-0.39, 0.29) is 12.5 Å². The normalized spacial score (nSPS) is 10.7. The predicted octanol–water partition coefficient (Wildman–Crippen LogP) is 4.23. The van der Waals surface area contributed by atoms with Crippen LogP contribution < -0.4 is 15.5 Å². The molecule has 0 radical (unpaired) electrons. The minimum absolute atomic E-state index is 0.0905. The Hall–Kier alpha value is -0.880. The van der Waals surface area contributed by atoms with Gasteiger partial charge >= 0.3 is 0 Å². The smallest absolute Gasteiger partial charge is 0.277 e. The molecule has 5 nitrogen and oxygen atoms in total. The van der Waals surface area contributed by atoms with E-state index in [1.165, 1.54) is 0 Å². The number of hydrogen-bond acceptors (Lipinski definition) is 4. The van der Waals surface area contributed by atoms with E-state index in [4.69, 9.17) is 4.74 Å². The van der Waals surface area contributed by atoms with Crippen LogP contribution >= 0.6 is 61.1 Å². The minimum Gasteiger partial charge on any atom is -0.484 e. The summed E-state index contributed by atoms with van der Waals surface area (Å²) in [7, 11) is 1.89. The maximum absolute atomic E-state index is 11.7. The van der Waals surface area contributed by atoms with Gasteiger partial charge in [-0.3, -0.25) is 4.79 Å². The number of amides is 1. The molecule has 8 heteroatoms. The molecule has 0 unspecified atom stereocenters. The fourth-order valence-corrected chi connectivity index (χ4v) is 4.42. The highest BCUT2D eigenvalue weighted by Crippen LogP contribution is 2.25. The zero-order chi connectivity index (χ0) is 17.5. The lowest BCUT2D eigenvalue weighted by molar-refractivity contribution is -0.123. The van der Waals surface area contributed by atoms with Crippen molar-refractivity contribution in [2.75, 3.05) is 19.0 Å². The monoisotopic (exact) mass is 613 g/mol. The highest BCUT2D eigenvalue weighted by atomic mass is 127. The quantitative estimate of drug-likeness (QED) is 0.291. The van der Waals surface area contributed by atoms with Crippen molar-refractivity contribution in [3.05, 3.63) is 53.6 Å². The molecule has 0 atom stereocenters. The molecule has 0 spiro atoms. The molecule has 0 saturated carbocycles. The third kappa shape index (κ3) is 5.88.